The summed E-state index contributed by atoms with van der Waals surface area (Å²) in [5, 5.41) is 19.4. The van der Waals surface area contributed by atoms with E-state index in [0.29, 0.717) is 5.56 Å². The molecule has 7 heteroatoms. The molecule has 1 aliphatic heterocycles. The SMILES string of the molecule is CCS(C)(=O)=O.CN(C)[C@H]1c2cc(C#N)ccc2OC(C)(C)C1O. The van der Waals surface area contributed by atoms with Crippen molar-refractivity contribution in [2.45, 2.75) is 38.5 Å². The molecule has 0 saturated heterocycles. The molecule has 0 bridgehead atoms. The fraction of sp³-hybridized carbons (Fsp3) is 0.588. The van der Waals surface area contributed by atoms with E-state index in [9.17, 15) is 13.5 Å². The van der Waals surface area contributed by atoms with Gasteiger partial charge in [-0.15, -0.1) is 0 Å². The van der Waals surface area contributed by atoms with E-state index in [2.05, 4.69) is 6.07 Å². The maximum absolute atomic E-state index is 10.4. The number of likely N-dealkylation sites (N-methyl/N-ethyl adjacent to an activating group) is 1. The average Bonchev–Trinajstić information content (AvgIpc) is 2.47. The van der Waals surface area contributed by atoms with Crippen molar-refractivity contribution in [3.8, 4) is 11.8 Å². The van der Waals surface area contributed by atoms with Gasteiger partial charge in [-0.05, 0) is 46.1 Å². The number of sulfone groups is 1. The number of hydrogen-bond acceptors (Lipinski definition) is 6. The van der Waals surface area contributed by atoms with Gasteiger partial charge in [0.05, 0.1) is 17.7 Å². The Balaban J connectivity index is 0.000000413. The van der Waals surface area contributed by atoms with Crippen LogP contribution in [0.1, 0.15) is 37.9 Å². The second-order valence-corrected chi connectivity index (χ2v) is 9.07. The molecule has 6 nitrogen and oxygen atoms in total. The first kappa shape index (κ1) is 20.4. The second kappa shape index (κ2) is 7.51. The second-order valence-electron chi connectivity index (χ2n) is 6.64. The zero-order valence-electron chi connectivity index (χ0n) is 15.1. The van der Waals surface area contributed by atoms with Crippen LogP contribution in [-0.2, 0) is 9.84 Å². The fourth-order valence-electron chi connectivity index (χ4n) is 2.40. The van der Waals surface area contributed by atoms with E-state index >= 15 is 0 Å². The molecular formula is C17H26N2O4S. The zero-order chi connectivity index (χ0) is 18.7. The van der Waals surface area contributed by atoms with Crippen molar-refractivity contribution in [3.05, 3.63) is 29.3 Å². The van der Waals surface area contributed by atoms with Gasteiger partial charge in [0.2, 0.25) is 0 Å². The van der Waals surface area contributed by atoms with E-state index in [4.69, 9.17) is 10.00 Å². The van der Waals surface area contributed by atoms with Gasteiger partial charge in [-0.3, -0.25) is 4.90 Å². The van der Waals surface area contributed by atoms with E-state index in [1.165, 1.54) is 6.26 Å². The molecular weight excluding hydrogens is 328 g/mol. The van der Waals surface area contributed by atoms with Gasteiger partial charge in [0.15, 0.2) is 0 Å². The highest BCUT2D eigenvalue weighted by Crippen LogP contribution is 2.42. The molecule has 0 amide bonds. The Bertz CT molecular complexity index is 721. The Morgan fingerprint density at radius 2 is 1.92 bits per heavy atom. The summed E-state index contributed by atoms with van der Waals surface area (Å²) in [7, 11) is 1.17. The number of hydrogen-bond donors (Lipinski definition) is 1. The molecule has 1 aromatic carbocycles. The Morgan fingerprint density at radius 1 is 1.38 bits per heavy atom. The summed E-state index contributed by atoms with van der Waals surface area (Å²) < 4.78 is 25.8. The van der Waals surface area contributed by atoms with Crippen LogP contribution in [0.2, 0.25) is 0 Å². The van der Waals surface area contributed by atoms with E-state index in [1.54, 1.807) is 25.1 Å². The Kier molecular flexibility index (Phi) is 6.39. The quantitative estimate of drug-likeness (QED) is 0.870. The molecule has 1 N–H and O–H groups in total. The third kappa shape index (κ3) is 4.94. The highest BCUT2D eigenvalue weighted by atomic mass is 32.2. The van der Waals surface area contributed by atoms with Crippen LogP contribution in [0.3, 0.4) is 0 Å². The number of nitriles is 1. The van der Waals surface area contributed by atoms with Crippen LogP contribution in [0.5, 0.6) is 5.75 Å². The first-order valence-electron chi connectivity index (χ1n) is 7.68. The molecule has 24 heavy (non-hydrogen) atoms. The highest BCUT2D eigenvalue weighted by Gasteiger charge is 2.43. The van der Waals surface area contributed by atoms with Crippen molar-refractivity contribution in [2.75, 3.05) is 26.1 Å². The molecule has 0 saturated carbocycles. The number of ether oxygens (including phenoxy) is 1. The number of aliphatic hydroxyl groups is 1. The summed E-state index contributed by atoms with van der Waals surface area (Å²) in [5.74, 6) is 0.982. The fourth-order valence-corrected chi connectivity index (χ4v) is 2.40. The molecule has 1 aromatic rings. The van der Waals surface area contributed by atoms with E-state index in [-0.39, 0.29) is 11.8 Å². The van der Waals surface area contributed by atoms with Crippen LogP contribution in [0, 0.1) is 11.3 Å². The lowest BCUT2D eigenvalue weighted by molar-refractivity contribution is -0.0849. The van der Waals surface area contributed by atoms with Gasteiger partial charge < -0.3 is 9.84 Å². The van der Waals surface area contributed by atoms with E-state index in [1.807, 2.05) is 32.8 Å². The molecule has 134 valence electrons. The summed E-state index contributed by atoms with van der Waals surface area (Å²) in [6, 6.07) is 7.28. The Labute approximate surface area is 144 Å². The van der Waals surface area contributed by atoms with Gasteiger partial charge in [-0.1, -0.05) is 6.92 Å². The first-order valence-corrected chi connectivity index (χ1v) is 9.74. The normalized spacial score (nSPS) is 21.8. The van der Waals surface area contributed by atoms with Crippen LogP contribution in [0.25, 0.3) is 0 Å². The van der Waals surface area contributed by atoms with Crippen LogP contribution < -0.4 is 4.74 Å². The lowest BCUT2D eigenvalue weighted by atomic mass is 9.85. The largest absolute Gasteiger partial charge is 0.485 e. The molecule has 1 unspecified atom stereocenters. The minimum Gasteiger partial charge on any atom is -0.485 e. The van der Waals surface area contributed by atoms with Crippen LogP contribution in [0.15, 0.2) is 18.2 Å². The molecule has 0 radical (unpaired) electrons. The van der Waals surface area contributed by atoms with Gasteiger partial charge in [0.1, 0.15) is 27.3 Å². The van der Waals surface area contributed by atoms with Crippen molar-refractivity contribution in [2.24, 2.45) is 0 Å². The molecule has 0 aromatic heterocycles. The molecule has 2 rings (SSSR count). The van der Waals surface area contributed by atoms with Crippen molar-refractivity contribution in [1.29, 1.82) is 5.26 Å². The third-order valence-electron chi connectivity index (χ3n) is 3.92. The lowest BCUT2D eigenvalue weighted by Gasteiger charge is -2.44. The summed E-state index contributed by atoms with van der Waals surface area (Å²) in [4.78, 5) is 1.95. The van der Waals surface area contributed by atoms with Gasteiger partial charge in [0, 0.05) is 17.6 Å². The van der Waals surface area contributed by atoms with Crippen LogP contribution in [0.4, 0.5) is 0 Å². The molecule has 0 fully saturated rings. The van der Waals surface area contributed by atoms with Gasteiger partial charge >= 0.3 is 0 Å². The number of aliphatic hydroxyl groups excluding tert-OH is 1. The highest BCUT2D eigenvalue weighted by molar-refractivity contribution is 7.90. The van der Waals surface area contributed by atoms with Crippen molar-refractivity contribution in [3.63, 3.8) is 0 Å². The predicted molar refractivity (Wildman–Crippen MR) is 93.7 cm³/mol. The summed E-state index contributed by atoms with van der Waals surface area (Å²) in [5.41, 5.74) is 0.804. The number of nitrogens with zero attached hydrogens (tertiary/aromatic N) is 2. The average molecular weight is 354 g/mol. The topological polar surface area (TPSA) is 90.6 Å². The molecule has 2 atom stereocenters. The maximum Gasteiger partial charge on any atom is 0.147 e. The number of fused-ring (bicyclic) bond motifs is 1. The maximum atomic E-state index is 10.4. The standard InChI is InChI=1S/C14H18N2O2.C3H8O2S/c1-14(2)13(17)12(16(3)4)10-7-9(8-15)5-6-11(10)18-14;1-3-6(2,4)5/h5-7,12-13,17H,1-4H3;3H2,1-2H3/t12-,13?;/m0./s1. The molecule has 0 aliphatic carbocycles. The molecule has 1 heterocycles. The van der Waals surface area contributed by atoms with Crippen molar-refractivity contribution >= 4 is 9.84 Å². The minimum atomic E-state index is -2.66. The zero-order valence-corrected chi connectivity index (χ0v) is 15.9. The predicted octanol–water partition coefficient (Wildman–Crippen LogP) is 1.74. The van der Waals surface area contributed by atoms with Crippen molar-refractivity contribution in [1.82, 2.24) is 4.90 Å². The van der Waals surface area contributed by atoms with Crippen molar-refractivity contribution < 1.29 is 18.3 Å². The van der Waals surface area contributed by atoms with E-state index in [0.717, 1.165) is 11.3 Å². The number of benzene rings is 1. The summed E-state index contributed by atoms with van der Waals surface area (Å²) >= 11 is 0. The first-order chi connectivity index (χ1) is 10.9. The lowest BCUT2D eigenvalue weighted by Crippen LogP contribution is -2.52. The monoisotopic (exact) mass is 354 g/mol. The molecule has 1 aliphatic rings. The summed E-state index contributed by atoms with van der Waals surface area (Å²) in [6.45, 7) is 5.36. The number of rotatable bonds is 2. The third-order valence-corrected chi connectivity index (χ3v) is 4.97. The smallest absolute Gasteiger partial charge is 0.147 e. The minimum absolute atomic E-state index is 0.169. The van der Waals surface area contributed by atoms with E-state index < -0.39 is 21.5 Å². The Morgan fingerprint density at radius 3 is 2.33 bits per heavy atom. The van der Waals surface area contributed by atoms with Gasteiger partial charge in [-0.25, -0.2) is 8.42 Å². The van der Waals surface area contributed by atoms with Crippen LogP contribution in [-0.4, -0.2) is 56.2 Å². The van der Waals surface area contributed by atoms with Crippen LogP contribution >= 0.6 is 0 Å². The Hall–Kier alpha value is -1.62. The summed E-state index contributed by atoms with van der Waals surface area (Å²) in [6.07, 6.45) is 0.571. The molecule has 0 spiro atoms. The van der Waals surface area contributed by atoms with Gasteiger partial charge in [-0.2, -0.15) is 5.26 Å². The van der Waals surface area contributed by atoms with Gasteiger partial charge in [0.25, 0.3) is 0 Å².